The Labute approximate surface area is 277 Å². The Balaban J connectivity index is 1.67. The zero-order valence-corrected chi connectivity index (χ0v) is 28.7. The summed E-state index contributed by atoms with van der Waals surface area (Å²) in [5, 5.41) is 2.94. The zero-order valence-electron chi connectivity index (χ0n) is 25.5. The van der Waals surface area contributed by atoms with Crippen molar-refractivity contribution in [2.45, 2.75) is 59.8 Å². The first-order valence-electron chi connectivity index (χ1n) is 14.2. The monoisotopic (exact) mass is 709 g/mol. The highest BCUT2D eigenvalue weighted by Gasteiger charge is 2.23. The lowest BCUT2D eigenvalue weighted by Gasteiger charge is -2.21. The number of rotatable bonds is 12. The summed E-state index contributed by atoms with van der Waals surface area (Å²) in [5.41, 5.74) is 8.15. The quantitative estimate of drug-likeness (QED) is 0.147. The summed E-state index contributed by atoms with van der Waals surface area (Å²) in [6.45, 7) is 6.38. The van der Waals surface area contributed by atoms with Crippen LogP contribution in [0.2, 0.25) is 0 Å². The molecule has 0 radical (unpaired) electrons. The van der Waals surface area contributed by atoms with Crippen molar-refractivity contribution in [3.05, 3.63) is 112 Å². The average Bonchev–Trinajstić information content (AvgIpc) is 2.97. The van der Waals surface area contributed by atoms with E-state index in [9.17, 15) is 18.0 Å². The first-order valence-corrected chi connectivity index (χ1v) is 17.3. The number of halogens is 1. The number of nitrogens with two attached hydrogens (primary N) is 1. The predicted octanol–water partition coefficient (Wildman–Crippen LogP) is 6.92. The van der Waals surface area contributed by atoms with Crippen LogP contribution < -0.4 is 20.5 Å². The molecule has 0 fully saturated rings. The van der Waals surface area contributed by atoms with Crippen LogP contribution in [0.4, 0.5) is 5.69 Å². The fourth-order valence-corrected chi connectivity index (χ4v) is 6.98. The van der Waals surface area contributed by atoms with E-state index >= 15 is 0 Å². The number of hydrogen-bond acceptors (Lipinski definition) is 6. The molecule has 0 bridgehead atoms. The minimum atomic E-state index is -4.05. The fraction of sp³-hybridized carbons (Fsp3) is 0.235. The van der Waals surface area contributed by atoms with E-state index in [1.807, 2.05) is 36.4 Å². The largest absolute Gasteiger partial charge is 0.497 e. The van der Waals surface area contributed by atoms with Gasteiger partial charge in [0.15, 0.2) is 0 Å². The standard InChI is InChI=1S/C34H36BrN3O5S2/c1-34(2,3)23-10-8-22(9-11-23)18-26(20-32(36)39)37-33(40)30-21-29(45(41,42)38-25-7-5-6-24(35)19-25)16-17-31(30)44-28-14-12-27(43-4)13-15-28/h5-17,19,21,26,38H,18,20H2,1-4H3,(H2,36,39)(H,37,40)/t26-/m1/s1. The molecule has 0 saturated carbocycles. The summed E-state index contributed by atoms with van der Waals surface area (Å²) in [7, 11) is -2.47. The second-order valence-electron chi connectivity index (χ2n) is 11.5. The molecule has 4 aromatic carbocycles. The maximum Gasteiger partial charge on any atom is 0.261 e. The third-order valence-electron chi connectivity index (χ3n) is 6.95. The Morgan fingerprint density at radius 1 is 0.956 bits per heavy atom. The van der Waals surface area contributed by atoms with Gasteiger partial charge in [-0.3, -0.25) is 14.3 Å². The molecule has 0 aliphatic carbocycles. The number of ether oxygens (including phenoxy) is 1. The minimum absolute atomic E-state index is 0.0193. The highest BCUT2D eigenvalue weighted by Crippen LogP contribution is 2.34. The van der Waals surface area contributed by atoms with Crippen molar-refractivity contribution in [2.24, 2.45) is 5.73 Å². The van der Waals surface area contributed by atoms with Crippen molar-refractivity contribution in [3.63, 3.8) is 0 Å². The summed E-state index contributed by atoms with van der Waals surface area (Å²) in [4.78, 5) is 27.2. The van der Waals surface area contributed by atoms with E-state index in [0.29, 0.717) is 27.2 Å². The van der Waals surface area contributed by atoms with E-state index in [1.165, 1.54) is 23.9 Å². The van der Waals surface area contributed by atoms with Gasteiger partial charge in [-0.25, -0.2) is 8.42 Å². The number of benzene rings is 4. The van der Waals surface area contributed by atoms with E-state index in [2.05, 4.69) is 46.7 Å². The number of anilines is 1. The van der Waals surface area contributed by atoms with Crippen molar-refractivity contribution < 1.29 is 22.7 Å². The molecule has 11 heteroatoms. The number of primary amides is 1. The Morgan fingerprint density at radius 3 is 2.24 bits per heavy atom. The molecule has 0 aromatic heterocycles. The van der Waals surface area contributed by atoms with Gasteiger partial charge >= 0.3 is 0 Å². The number of nitrogens with one attached hydrogen (secondary N) is 2. The van der Waals surface area contributed by atoms with Gasteiger partial charge < -0.3 is 15.8 Å². The van der Waals surface area contributed by atoms with Gasteiger partial charge in [-0.2, -0.15) is 0 Å². The molecule has 236 valence electrons. The molecular formula is C34H36BrN3O5S2. The summed E-state index contributed by atoms with van der Waals surface area (Å²) in [5.74, 6) is -0.403. The maximum atomic E-state index is 13.9. The summed E-state index contributed by atoms with van der Waals surface area (Å²) in [6, 6.07) is 25.9. The van der Waals surface area contributed by atoms with E-state index < -0.39 is 27.9 Å². The molecule has 1 atom stereocenters. The molecule has 0 spiro atoms. The Hall–Kier alpha value is -3.80. The van der Waals surface area contributed by atoms with Crippen molar-refractivity contribution in [1.82, 2.24) is 5.32 Å². The number of carbonyl (C=O) groups is 2. The first kappa shape index (κ1) is 34.1. The van der Waals surface area contributed by atoms with Crippen LogP contribution in [-0.4, -0.2) is 33.4 Å². The van der Waals surface area contributed by atoms with Gasteiger partial charge in [0.05, 0.1) is 17.6 Å². The molecule has 0 heterocycles. The zero-order chi connectivity index (χ0) is 32.8. The summed E-state index contributed by atoms with van der Waals surface area (Å²) >= 11 is 4.66. The van der Waals surface area contributed by atoms with Crippen LogP contribution in [0.25, 0.3) is 0 Å². The van der Waals surface area contributed by atoms with Crippen LogP contribution in [0.3, 0.4) is 0 Å². The van der Waals surface area contributed by atoms with Crippen molar-refractivity contribution in [2.75, 3.05) is 11.8 Å². The smallest absolute Gasteiger partial charge is 0.261 e. The van der Waals surface area contributed by atoms with Gasteiger partial charge in [-0.15, -0.1) is 0 Å². The normalized spacial score (nSPS) is 12.3. The van der Waals surface area contributed by atoms with Crippen LogP contribution in [-0.2, 0) is 26.7 Å². The molecule has 0 saturated heterocycles. The third kappa shape index (κ3) is 9.59. The highest BCUT2D eigenvalue weighted by atomic mass is 79.9. The summed E-state index contributed by atoms with van der Waals surface area (Å²) in [6.07, 6.45) is 0.276. The molecular weight excluding hydrogens is 674 g/mol. The van der Waals surface area contributed by atoms with Gasteiger partial charge in [0.25, 0.3) is 15.9 Å². The molecule has 0 aliphatic rings. The second-order valence-corrected chi connectivity index (χ2v) is 15.3. The molecule has 0 aliphatic heterocycles. The van der Waals surface area contributed by atoms with Crippen LogP contribution >= 0.6 is 27.7 Å². The van der Waals surface area contributed by atoms with Gasteiger partial charge in [0.1, 0.15) is 5.75 Å². The lowest BCUT2D eigenvalue weighted by Crippen LogP contribution is -2.39. The number of sulfonamides is 1. The Morgan fingerprint density at radius 2 is 1.64 bits per heavy atom. The molecule has 0 unspecified atom stereocenters. The fourth-order valence-electron chi connectivity index (χ4n) is 4.59. The maximum absolute atomic E-state index is 13.9. The van der Waals surface area contributed by atoms with Gasteiger partial charge in [0, 0.05) is 32.4 Å². The molecule has 4 aromatic rings. The highest BCUT2D eigenvalue weighted by molar-refractivity contribution is 9.10. The van der Waals surface area contributed by atoms with E-state index in [-0.39, 0.29) is 22.3 Å². The van der Waals surface area contributed by atoms with Crippen LogP contribution in [0.15, 0.2) is 110 Å². The average molecular weight is 711 g/mol. The van der Waals surface area contributed by atoms with E-state index in [1.54, 1.807) is 49.6 Å². The Kier molecular flexibility index (Phi) is 11.0. The van der Waals surface area contributed by atoms with E-state index in [0.717, 1.165) is 16.0 Å². The number of amides is 2. The van der Waals surface area contributed by atoms with Crippen molar-refractivity contribution in [1.29, 1.82) is 0 Å². The van der Waals surface area contributed by atoms with Gasteiger partial charge in [-0.1, -0.05) is 78.8 Å². The van der Waals surface area contributed by atoms with Crippen molar-refractivity contribution in [3.8, 4) is 5.75 Å². The van der Waals surface area contributed by atoms with Crippen molar-refractivity contribution >= 4 is 55.2 Å². The molecule has 8 nitrogen and oxygen atoms in total. The van der Waals surface area contributed by atoms with Crippen LogP contribution in [0, 0.1) is 0 Å². The molecule has 2 amide bonds. The number of hydrogen-bond donors (Lipinski definition) is 3. The lowest BCUT2D eigenvalue weighted by atomic mass is 9.86. The molecule has 4 N–H and O–H groups in total. The third-order valence-corrected chi connectivity index (χ3v) is 9.91. The molecule has 4 rings (SSSR count). The topological polar surface area (TPSA) is 128 Å². The minimum Gasteiger partial charge on any atom is -0.497 e. The first-order chi connectivity index (χ1) is 21.2. The summed E-state index contributed by atoms with van der Waals surface area (Å²) < 4.78 is 35.3. The SMILES string of the molecule is COc1ccc(Sc2ccc(S(=O)(=O)Nc3cccc(Br)c3)cc2C(=O)N[C@@H](CC(N)=O)Cc2ccc(C(C)(C)C)cc2)cc1. The van der Waals surface area contributed by atoms with Gasteiger partial charge in [-0.05, 0) is 83.6 Å². The lowest BCUT2D eigenvalue weighted by molar-refractivity contribution is -0.118. The number of carbonyl (C=O) groups excluding carboxylic acids is 2. The number of methoxy groups -OCH3 is 1. The van der Waals surface area contributed by atoms with Crippen LogP contribution in [0.1, 0.15) is 48.7 Å². The Bertz CT molecular complexity index is 1770. The van der Waals surface area contributed by atoms with E-state index in [4.69, 9.17) is 10.5 Å². The molecule has 45 heavy (non-hydrogen) atoms. The predicted molar refractivity (Wildman–Crippen MR) is 182 cm³/mol. The van der Waals surface area contributed by atoms with Crippen LogP contribution in [0.5, 0.6) is 5.75 Å². The second kappa shape index (κ2) is 14.5. The van der Waals surface area contributed by atoms with Gasteiger partial charge in [0.2, 0.25) is 5.91 Å².